The molecule has 0 aliphatic heterocycles. The molecule has 1 N–H and O–H groups in total. The van der Waals surface area contributed by atoms with Gasteiger partial charge in [0.1, 0.15) is 17.6 Å². The number of ether oxygens (including phenoxy) is 2. The zero-order chi connectivity index (χ0) is 29.0. The quantitative estimate of drug-likeness (QED) is 0.287. The van der Waals surface area contributed by atoms with Crippen molar-refractivity contribution in [2.24, 2.45) is 0 Å². The number of pyridine rings is 1. The maximum Gasteiger partial charge on any atom is 0.170 e. The van der Waals surface area contributed by atoms with Crippen LogP contribution >= 0.6 is 0 Å². The third kappa shape index (κ3) is 6.35. The standard InChI is InChI=1S/C28H34N6O5S/c1-17-10-22(14-29-11-17)28-33-32-24(34(28)25-19(3)8-7-9-23(25)38-6)16-40(36,37)21(5)26(39-15-20(4)35)27-30-12-18(2)13-31-27/h7-14,20-21,26,35H,15-16H2,1-6H3/t20-,21+,26-/m1/s1. The average Bonchev–Trinajstić information content (AvgIpc) is 3.31. The Morgan fingerprint density at radius 2 is 1.73 bits per heavy atom. The number of nitrogens with zero attached hydrogens (tertiary/aromatic N) is 6. The first-order chi connectivity index (χ1) is 19.0. The Kier molecular flexibility index (Phi) is 8.92. The second kappa shape index (κ2) is 12.2. The molecule has 0 aliphatic rings. The monoisotopic (exact) mass is 566 g/mol. The smallest absolute Gasteiger partial charge is 0.170 e. The van der Waals surface area contributed by atoms with Crippen LogP contribution in [0.3, 0.4) is 0 Å². The molecule has 4 rings (SSSR count). The molecule has 40 heavy (non-hydrogen) atoms. The number of hydrogen-bond acceptors (Lipinski definition) is 10. The number of aryl methyl sites for hydroxylation is 3. The molecule has 1 aromatic carbocycles. The molecule has 0 unspecified atom stereocenters. The van der Waals surface area contributed by atoms with Gasteiger partial charge in [0, 0.05) is 30.4 Å². The fourth-order valence-corrected chi connectivity index (χ4v) is 5.69. The minimum absolute atomic E-state index is 0.0805. The third-order valence-corrected chi connectivity index (χ3v) is 8.44. The SMILES string of the molecule is COc1cccc(C)c1-n1c(CS(=O)(=O)[C@@H](C)[C@@H](OC[C@@H](C)O)c2ncc(C)cn2)nnc1-c1cncc(C)c1. The summed E-state index contributed by atoms with van der Waals surface area (Å²) in [7, 11) is -2.37. The summed E-state index contributed by atoms with van der Waals surface area (Å²) < 4.78 is 41.1. The van der Waals surface area contributed by atoms with Crippen LogP contribution in [-0.2, 0) is 20.3 Å². The number of sulfone groups is 1. The van der Waals surface area contributed by atoms with Gasteiger partial charge in [0.2, 0.25) is 0 Å². The number of aromatic nitrogens is 6. The van der Waals surface area contributed by atoms with Gasteiger partial charge in [-0.3, -0.25) is 9.55 Å². The Bertz CT molecular complexity index is 1570. The topological polar surface area (TPSA) is 142 Å². The zero-order valence-electron chi connectivity index (χ0n) is 23.4. The van der Waals surface area contributed by atoms with Gasteiger partial charge in [-0.15, -0.1) is 10.2 Å². The Morgan fingerprint density at radius 3 is 2.38 bits per heavy atom. The Morgan fingerprint density at radius 1 is 1.00 bits per heavy atom. The van der Waals surface area contributed by atoms with Gasteiger partial charge in [-0.25, -0.2) is 18.4 Å². The van der Waals surface area contributed by atoms with E-state index in [1.165, 1.54) is 0 Å². The molecule has 3 aromatic heterocycles. The molecule has 212 valence electrons. The van der Waals surface area contributed by atoms with Crippen LogP contribution in [0.25, 0.3) is 17.1 Å². The maximum atomic E-state index is 13.9. The second-order valence-electron chi connectivity index (χ2n) is 9.89. The zero-order valence-corrected chi connectivity index (χ0v) is 24.3. The van der Waals surface area contributed by atoms with Crippen LogP contribution in [0, 0.1) is 20.8 Å². The van der Waals surface area contributed by atoms with Gasteiger partial charge in [-0.05, 0) is 63.4 Å². The number of para-hydroxylation sites is 1. The van der Waals surface area contributed by atoms with Crippen LogP contribution in [-0.4, -0.2) is 68.3 Å². The van der Waals surface area contributed by atoms with Crippen LogP contribution in [0.5, 0.6) is 5.75 Å². The van der Waals surface area contributed by atoms with E-state index >= 15 is 0 Å². The van der Waals surface area contributed by atoms with Gasteiger partial charge < -0.3 is 14.6 Å². The molecular formula is C28H34N6O5S. The van der Waals surface area contributed by atoms with Crippen LogP contribution in [0.4, 0.5) is 0 Å². The van der Waals surface area contributed by atoms with Crippen molar-refractivity contribution in [2.45, 2.75) is 57.8 Å². The number of rotatable bonds is 11. The molecule has 0 bridgehead atoms. The molecule has 0 saturated heterocycles. The first-order valence-electron chi connectivity index (χ1n) is 12.8. The number of methoxy groups -OCH3 is 1. The van der Waals surface area contributed by atoms with E-state index in [9.17, 15) is 13.5 Å². The minimum Gasteiger partial charge on any atom is -0.495 e. The molecule has 0 spiro atoms. The van der Waals surface area contributed by atoms with E-state index in [1.54, 1.807) is 56.4 Å². The lowest BCUT2D eigenvalue weighted by atomic mass is 10.1. The first kappa shape index (κ1) is 29.2. The predicted molar refractivity (Wildman–Crippen MR) is 150 cm³/mol. The van der Waals surface area contributed by atoms with Crippen LogP contribution in [0.2, 0.25) is 0 Å². The lowest BCUT2D eigenvalue weighted by Crippen LogP contribution is -2.32. The highest BCUT2D eigenvalue weighted by Gasteiger charge is 2.36. The predicted octanol–water partition coefficient (Wildman–Crippen LogP) is 3.50. The van der Waals surface area contributed by atoms with Gasteiger partial charge in [-0.1, -0.05) is 12.1 Å². The third-order valence-electron chi connectivity index (χ3n) is 6.40. The summed E-state index contributed by atoms with van der Waals surface area (Å²) in [6, 6.07) is 7.48. The summed E-state index contributed by atoms with van der Waals surface area (Å²) >= 11 is 0. The molecular weight excluding hydrogens is 532 g/mol. The van der Waals surface area contributed by atoms with Crippen molar-refractivity contribution in [3.63, 3.8) is 0 Å². The average molecular weight is 567 g/mol. The van der Waals surface area contributed by atoms with Crippen LogP contribution < -0.4 is 4.74 Å². The van der Waals surface area contributed by atoms with Crippen molar-refractivity contribution in [1.29, 1.82) is 0 Å². The van der Waals surface area contributed by atoms with Crippen molar-refractivity contribution in [3.05, 3.63) is 77.4 Å². The van der Waals surface area contributed by atoms with Crippen molar-refractivity contribution in [3.8, 4) is 22.8 Å². The van der Waals surface area contributed by atoms with E-state index in [-0.39, 0.29) is 18.3 Å². The summed E-state index contributed by atoms with van der Waals surface area (Å²) in [5.74, 6) is 0.953. The van der Waals surface area contributed by atoms with E-state index < -0.39 is 33.0 Å². The van der Waals surface area contributed by atoms with Gasteiger partial charge in [0.05, 0.1) is 30.8 Å². The molecule has 0 aliphatic carbocycles. The summed E-state index contributed by atoms with van der Waals surface area (Å²) in [6.07, 6.45) is 4.78. The largest absolute Gasteiger partial charge is 0.495 e. The molecule has 3 atom stereocenters. The van der Waals surface area contributed by atoms with Crippen molar-refractivity contribution in [2.75, 3.05) is 13.7 Å². The van der Waals surface area contributed by atoms with E-state index in [2.05, 4.69) is 25.1 Å². The van der Waals surface area contributed by atoms with Crippen molar-refractivity contribution in [1.82, 2.24) is 29.7 Å². The highest BCUT2D eigenvalue weighted by atomic mass is 32.2. The lowest BCUT2D eigenvalue weighted by molar-refractivity contribution is -0.00774. The molecule has 0 fully saturated rings. The molecule has 3 heterocycles. The van der Waals surface area contributed by atoms with Crippen molar-refractivity contribution >= 4 is 9.84 Å². The summed E-state index contributed by atoms with van der Waals surface area (Å²) in [5.41, 5.74) is 3.91. The van der Waals surface area contributed by atoms with Crippen LogP contribution in [0.15, 0.2) is 49.1 Å². The number of aliphatic hydroxyl groups is 1. The van der Waals surface area contributed by atoms with Crippen LogP contribution in [0.1, 0.15) is 48.3 Å². The van der Waals surface area contributed by atoms with Gasteiger partial charge >= 0.3 is 0 Å². The molecule has 12 heteroatoms. The number of hydrogen-bond donors (Lipinski definition) is 1. The molecule has 0 amide bonds. The second-order valence-corrected chi connectivity index (χ2v) is 12.2. The highest BCUT2D eigenvalue weighted by Crippen LogP contribution is 2.33. The van der Waals surface area contributed by atoms with E-state index in [4.69, 9.17) is 9.47 Å². The lowest BCUT2D eigenvalue weighted by Gasteiger charge is -2.24. The van der Waals surface area contributed by atoms with Crippen molar-refractivity contribution < 1.29 is 23.0 Å². The number of aliphatic hydroxyl groups excluding tert-OH is 1. The molecule has 0 saturated carbocycles. The molecule has 0 radical (unpaired) electrons. The summed E-state index contributed by atoms with van der Waals surface area (Å²) in [6.45, 7) is 8.69. The normalized spacial score (nSPS) is 14.1. The van der Waals surface area contributed by atoms with E-state index in [0.29, 0.717) is 22.8 Å². The Balaban J connectivity index is 1.81. The summed E-state index contributed by atoms with van der Waals surface area (Å²) in [5, 5.41) is 17.5. The maximum absolute atomic E-state index is 13.9. The molecule has 11 nitrogen and oxygen atoms in total. The summed E-state index contributed by atoms with van der Waals surface area (Å²) in [4.78, 5) is 12.9. The number of benzene rings is 1. The highest BCUT2D eigenvalue weighted by molar-refractivity contribution is 7.91. The molecule has 4 aromatic rings. The minimum atomic E-state index is -3.93. The van der Waals surface area contributed by atoms with E-state index in [1.807, 2.05) is 39.0 Å². The fraction of sp³-hybridized carbons (Fsp3) is 0.393. The Labute approximate surface area is 234 Å². The Hall–Kier alpha value is -3.74. The van der Waals surface area contributed by atoms with E-state index in [0.717, 1.165) is 16.7 Å². The van der Waals surface area contributed by atoms with Gasteiger partial charge in [0.15, 0.2) is 27.3 Å². The van der Waals surface area contributed by atoms with Gasteiger partial charge in [0.25, 0.3) is 0 Å². The fourth-order valence-electron chi connectivity index (χ4n) is 4.30. The van der Waals surface area contributed by atoms with Gasteiger partial charge in [-0.2, -0.15) is 0 Å². The first-order valence-corrected chi connectivity index (χ1v) is 14.5.